The minimum absolute atomic E-state index is 0.0761. The van der Waals surface area contributed by atoms with Crippen molar-refractivity contribution in [2.75, 3.05) is 6.54 Å². The van der Waals surface area contributed by atoms with Crippen LogP contribution in [0.2, 0.25) is 0 Å². The van der Waals surface area contributed by atoms with E-state index < -0.39 is 30.3 Å². The van der Waals surface area contributed by atoms with E-state index in [0.29, 0.717) is 35.5 Å². The van der Waals surface area contributed by atoms with Gasteiger partial charge in [-0.3, -0.25) is 9.69 Å². The molecular weight excluding hydrogens is 500 g/mol. The monoisotopic (exact) mass is 532 g/mol. The van der Waals surface area contributed by atoms with Gasteiger partial charge in [-0.15, -0.1) is 0 Å². The molecule has 204 valence electrons. The number of benzene rings is 2. The lowest BCUT2D eigenvalue weighted by Crippen LogP contribution is -2.43. The Balaban J connectivity index is 1.68. The maximum absolute atomic E-state index is 13.0. The molecule has 1 aliphatic carbocycles. The number of fused-ring (bicyclic) bond motifs is 1. The molecule has 10 heteroatoms. The number of hydrogen-bond acceptors (Lipinski definition) is 8. The maximum atomic E-state index is 13.0. The van der Waals surface area contributed by atoms with Gasteiger partial charge in [-0.1, -0.05) is 23.4 Å². The van der Waals surface area contributed by atoms with Crippen LogP contribution >= 0.6 is 0 Å². The average molecular weight is 533 g/mol. The lowest BCUT2D eigenvalue weighted by atomic mass is 9.84. The zero-order valence-corrected chi connectivity index (χ0v) is 22.7. The predicted octanol–water partition coefficient (Wildman–Crippen LogP) is 5.76. The van der Waals surface area contributed by atoms with Gasteiger partial charge >= 0.3 is 12.1 Å². The molecule has 2 aromatic carbocycles. The summed E-state index contributed by atoms with van der Waals surface area (Å²) in [6.45, 7) is 8.53. The molecule has 1 aromatic heterocycles. The zero-order chi connectivity index (χ0) is 28.3. The summed E-state index contributed by atoms with van der Waals surface area (Å²) in [5.74, 6) is -0.0158. The summed E-state index contributed by atoms with van der Waals surface area (Å²) in [6.07, 6.45) is 1.30. The second-order valence-corrected chi connectivity index (χ2v) is 10.7. The first-order chi connectivity index (χ1) is 18.5. The van der Waals surface area contributed by atoms with Gasteiger partial charge in [0.05, 0.1) is 17.7 Å². The number of rotatable bonds is 7. The Hall–Kier alpha value is -4.39. The number of nitriles is 1. The van der Waals surface area contributed by atoms with Crippen molar-refractivity contribution in [2.45, 2.75) is 71.6 Å². The Morgan fingerprint density at radius 1 is 1.26 bits per heavy atom. The first-order valence-electron chi connectivity index (χ1n) is 12.8. The smallest absolute Gasteiger partial charge is 0.411 e. The van der Waals surface area contributed by atoms with E-state index in [1.54, 1.807) is 39.0 Å². The first-order valence-corrected chi connectivity index (χ1v) is 12.8. The molecule has 3 aromatic rings. The van der Waals surface area contributed by atoms with Crippen LogP contribution in [0.3, 0.4) is 0 Å². The number of nitrogens with zero attached hydrogens (tertiary/aromatic N) is 4. The van der Waals surface area contributed by atoms with Gasteiger partial charge in [0.15, 0.2) is 0 Å². The van der Waals surface area contributed by atoms with E-state index in [-0.39, 0.29) is 12.0 Å². The van der Waals surface area contributed by atoms with E-state index in [0.717, 1.165) is 23.1 Å². The number of aromatic nitrogens is 2. The second-order valence-electron chi connectivity index (χ2n) is 10.7. The number of hydrogen-bond donors (Lipinski definition) is 1. The molecule has 1 aliphatic rings. The zero-order valence-electron chi connectivity index (χ0n) is 22.7. The van der Waals surface area contributed by atoms with Crippen LogP contribution < -0.4 is 4.74 Å². The molecule has 4 rings (SSSR count). The number of carboxylic acid groups (broad SMARTS) is 1. The molecular formula is C29H32N4O6. The maximum Gasteiger partial charge on any atom is 0.411 e. The summed E-state index contributed by atoms with van der Waals surface area (Å²) < 4.78 is 16.8. The van der Waals surface area contributed by atoms with Gasteiger partial charge in [0, 0.05) is 11.1 Å². The molecule has 1 heterocycles. The number of ether oxygens (including phenoxy) is 2. The number of amides is 1. The molecule has 39 heavy (non-hydrogen) atoms. The Morgan fingerprint density at radius 3 is 2.69 bits per heavy atom. The van der Waals surface area contributed by atoms with Gasteiger partial charge in [0.25, 0.3) is 5.89 Å². The second kappa shape index (κ2) is 11.2. The highest BCUT2D eigenvalue weighted by atomic mass is 16.6. The van der Waals surface area contributed by atoms with Gasteiger partial charge in [-0.25, -0.2) is 4.79 Å². The summed E-state index contributed by atoms with van der Waals surface area (Å²) in [5.41, 5.74) is 2.69. The molecule has 10 nitrogen and oxygen atoms in total. The van der Waals surface area contributed by atoms with Crippen LogP contribution in [0, 0.1) is 11.3 Å². The number of aliphatic carboxylic acids is 1. The molecule has 1 amide bonds. The first kappa shape index (κ1) is 27.6. The highest BCUT2D eigenvalue weighted by molar-refractivity contribution is 5.78. The van der Waals surface area contributed by atoms with Gasteiger partial charge < -0.3 is 19.1 Å². The van der Waals surface area contributed by atoms with Gasteiger partial charge in [0.2, 0.25) is 5.82 Å². The van der Waals surface area contributed by atoms with Crippen LogP contribution in [0.5, 0.6) is 5.75 Å². The SMILES string of the molecule is CC(C)Oc1ccc(-c2nc(-c3cccc4c3CCCC4N(CC(=O)O)C(=O)OC(C)(C)C)no2)cc1C#N. The minimum Gasteiger partial charge on any atom is -0.490 e. The molecule has 0 radical (unpaired) electrons. The van der Waals surface area contributed by atoms with Crippen LogP contribution in [0.4, 0.5) is 4.79 Å². The summed E-state index contributed by atoms with van der Waals surface area (Å²) in [7, 11) is 0. The van der Waals surface area contributed by atoms with Crippen molar-refractivity contribution in [1.29, 1.82) is 5.26 Å². The Labute approximate surface area is 227 Å². The van der Waals surface area contributed by atoms with Crippen LogP contribution in [0.15, 0.2) is 40.9 Å². The Morgan fingerprint density at radius 2 is 2.03 bits per heavy atom. The summed E-state index contributed by atoms with van der Waals surface area (Å²) in [5, 5.41) is 23.3. The molecule has 0 aliphatic heterocycles. The highest BCUT2D eigenvalue weighted by Gasteiger charge is 2.35. The van der Waals surface area contributed by atoms with E-state index in [4.69, 9.17) is 14.0 Å². The standard InChI is InChI=1S/C29H32N4O6/c1-17(2)37-24-13-12-18(14-19(24)15-30)27-31-26(32-39-27)22-10-6-9-21-20(22)8-7-11-23(21)33(16-25(34)35)28(36)38-29(3,4)5/h6,9-10,12-14,17,23H,7-8,11,16H2,1-5H3,(H,34,35). The molecule has 0 bridgehead atoms. The van der Waals surface area contributed by atoms with E-state index in [2.05, 4.69) is 16.2 Å². The predicted molar refractivity (Wildman–Crippen MR) is 142 cm³/mol. The molecule has 1 atom stereocenters. The fourth-order valence-electron chi connectivity index (χ4n) is 4.68. The fourth-order valence-corrected chi connectivity index (χ4v) is 4.68. The third-order valence-electron chi connectivity index (χ3n) is 6.16. The topological polar surface area (TPSA) is 139 Å². The molecule has 1 N–H and O–H groups in total. The Bertz CT molecular complexity index is 1420. The summed E-state index contributed by atoms with van der Waals surface area (Å²) in [6, 6.07) is 12.4. The molecule has 0 saturated carbocycles. The number of carboxylic acids is 1. The lowest BCUT2D eigenvalue weighted by Gasteiger charge is -2.36. The number of carbonyl (C=O) groups is 2. The summed E-state index contributed by atoms with van der Waals surface area (Å²) >= 11 is 0. The van der Waals surface area contributed by atoms with Crippen LogP contribution in [0.1, 0.15) is 70.2 Å². The van der Waals surface area contributed by atoms with Gasteiger partial charge in [-0.05, 0) is 83.2 Å². The fraction of sp³-hybridized carbons (Fsp3) is 0.414. The van der Waals surface area contributed by atoms with Crippen molar-refractivity contribution in [3.05, 3.63) is 53.1 Å². The molecule has 0 spiro atoms. The van der Waals surface area contributed by atoms with Crippen molar-refractivity contribution >= 4 is 12.1 Å². The van der Waals surface area contributed by atoms with Gasteiger partial charge in [0.1, 0.15) is 24.0 Å². The van der Waals surface area contributed by atoms with Crippen molar-refractivity contribution < 1.29 is 28.7 Å². The summed E-state index contributed by atoms with van der Waals surface area (Å²) in [4.78, 5) is 30.6. The molecule has 0 fully saturated rings. The van der Waals surface area contributed by atoms with E-state index in [9.17, 15) is 20.0 Å². The largest absolute Gasteiger partial charge is 0.490 e. The highest BCUT2D eigenvalue weighted by Crippen LogP contribution is 2.39. The number of carbonyl (C=O) groups excluding carboxylic acids is 1. The van der Waals surface area contributed by atoms with Crippen LogP contribution in [-0.4, -0.2) is 50.5 Å². The van der Waals surface area contributed by atoms with Crippen molar-refractivity contribution in [3.63, 3.8) is 0 Å². The normalized spacial score (nSPS) is 14.8. The van der Waals surface area contributed by atoms with E-state index in [1.165, 1.54) is 4.90 Å². The third-order valence-corrected chi connectivity index (χ3v) is 6.16. The quantitative estimate of drug-likeness (QED) is 0.402. The van der Waals surface area contributed by atoms with Crippen molar-refractivity contribution in [1.82, 2.24) is 15.0 Å². The minimum atomic E-state index is -1.12. The molecule has 1 unspecified atom stereocenters. The van der Waals surface area contributed by atoms with Gasteiger partial charge in [-0.2, -0.15) is 10.2 Å². The Kier molecular flexibility index (Phi) is 7.90. The lowest BCUT2D eigenvalue weighted by molar-refractivity contribution is -0.139. The average Bonchev–Trinajstić information content (AvgIpc) is 3.35. The van der Waals surface area contributed by atoms with Crippen molar-refractivity contribution in [2.24, 2.45) is 0 Å². The van der Waals surface area contributed by atoms with Crippen molar-refractivity contribution in [3.8, 4) is 34.7 Å². The van der Waals surface area contributed by atoms with Crippen LogP contribution in [-0.2, 0) is 16.0 Å². The van der Waals surface area contributed by atoms with E-state index in [1.807, 2.05) is 32.0 Å². The molecule has 0 saturated heterocycles. The van der Waals surface area contributed by atoms with Crippen LogP contribution in [0.25, 0.3) is 22.8 Å². The van der Waals surface area contributed by atoms with E-state index >= 15 is 0 Å². The third kappa shape index (κ3) is 6.37.